The summed E-state index contributed by atoms with van der Waals surface area (Å²) in [5, 5.41) is 8.55. The minimum absolute atomic E-state index is 0.0293. The van der Waals surface area contributed by atoms with Crippen molar-refractivity contribution < 1.29 is 9.84 Å². The molecule has 0 aliphatic carbocycles. The molecule has 0 saturated heterocycles. The smallest absolute Gasteiger partial charge is 0.144 e. The molecule has 0 fully saturated rings. The second kappa shape index (κ2) is 5.31. The lowest BCUT2D eigenvalue weighted by Crippen LogP contribution is -2.06. The van der Waals surface area contributed by atoms with Crippen LogP contribution in [0.3, 0.4) is 0 Å². The Morgan fingerprint density at radius 1 is 1.69 bits per heavy atom. The Morgan fingerprint density at radius 2 is 2.54 bits per heavy atom. The van der Waals surface area contributed by atoms with Gasteiger partial charge >= 0.3 is 0 Å². The highest BCUT2D eigenvalue weighted by atomic mass is 16.5. The summed E-state index contributed by atoms with van der Waals surface area (Å²) < 4.78 is 5.20. The van der Waals surface area contributed by atoms with Crippen molar-refractivity contribution in [3.8, 4) is 12.3 Å². The van der Waals surface area contributed by atoms with Gasteiger partial charge in [-0.05, 0) is 6.07 Å². The van der Waals surface area contributed by atoms with Gasteiger partial charge in [0.15, 0.2) is 0 Å². The Labute approximate surface area is 77.4 Å². The first-order valence-corrected chi connectivity index (χ1v) is 3.97. The maximum atomic E-state index is 8.55. The molecule has 0 bridgehead atoms. The lowest BCUT2D eigenvalue weighted by molar-refractivity contribution is 0.0591. The zero-order chi connectivity index (χ0) is 9.52. The van der Waals surface area contributed by atoms with Crippen LogP contribution in [0.5, 0.6) is 0 Å². The van der Waals surface area contributed by atoms with E-state index in [1.807, 2.05) is 6.07 Å². The summed E-state index contributed by atoms with van der Waals surface area (Å²) in [5.74, 6) is 2.48. The molecule has 0 radical (unpaired) electrons. The first-order valence-electron chi connectivity index (χ1n) is 3.97. The van der Waals surface area contributed by atoms with Gasteiger partial charge in [-0.25, -0.2) is 0 Å². The third-order valence-corrected chi connectivity index (χ3v) is 1.51. The number of terminal acetylenes is 1. The molecule has 1 atom stereocenters. The van der Waals surface area contributed by atoms with Crippen LogP contribution >= 0.6 is 0 Å². The molecule has 68 valence electrons. The standard InChI is InChI=1S/C10H11NO2/c1-2-10(13-7-6-12)9-4-3-5-11-8-9/h1,3-5,8,10,12H,6-7H2. The van der Waals surface area contributed by atoms with E-state index in [1.54, 1.807) is 18.5 Å². The first-order chi connectivity index (χ1) is 6.38. The van der Waals surface area contributed by atoms with Crippen molar-refractivity contribution >= 4 is 0 Å². The summed E-state index contributed by atoms with van der Waals surface area (Å²) in [6, 6.07) is 3.64. The fourth-order valence-electron chi connectivity index (χ4n) is 0.942. The normalized spacial score (nSPS) is 12.0. The van der Waals surface area contributed by atoms with Gasteiger partial charge in [-0.15, -0.1) is 6.42 Å². The molecule has 3 heteroatoms. The predicted octanol–water partition coefficient (Wildman–Crippen LogP) is 0.765. The number of hydrogen-bond donors (Lipinski definition) is 1. The lowest BCUT2D eigenvalue weighted by atomic mass is 10.2. The second-order valence-electron chi connectivity index (χ2n) is 2.43. The van der Waals surface area contributed by atoms with E-state index in [0.717, 1.165) is 5.56 Å². The van der Waals surface area contributed by atoms with Crippen molar-refractivity contribution in [2.24, 2.45) is 0 Å². The molecule has 0 aliphatic heterocycles. The Hall–Kier alpha value is -1.37. The molecular formula is C10H11NO2. The molecule has 1 N–H and O–H groups in total. The van der Waals surface area contributed by atoms with Gasteiger partial charge in [0, 0.05) is 18.0 Å². The molecule has 1 unspecified atom stereocenters. The monoisotopic (exact) mass is 177 g/mol. The number of pyridine rings is 1. The van der Waals surface area contributed by atoms with E-state index >= 15 is 0 Å². The van der Waals surface area contributed by atoms with E-state index in [4.69, 9.17) is 16.3 Å². The van der Waals surface area contributed by atoms with Gasteiger partial charge in [0.2, 0.25) is 0 Å². The number of hydrogen-bond acceptors (Lipinski definition) is 3. The van der Waals surface area contributed by atoms with Crippen LogP contribution in [0.1, 0.15) is 11.7 Å². The van der Waals surface area contributed by atoms with E-state index in [9.17, 15) is 0 Å². The van der Waals surface area contributed by atoms with Gasteiger partial charge in [-0.2, -0.15) is 0 Å². The summed E-state index contributed by atoms with van der Waals surface area (Å²) in [6.07, 6.45) is 8.17. The van der Waals surface area contributed by atoms with Crippen LogP contribution in [-0.2, 0) is 4.74 Å². The zero-order valence-electron chi connectivity index (χ0n) is 7.18. The first kappa shape index (κ1) is 9.72. The molecule has 0 saturated carbocycles. The van der Waals surface area contributed by atoms with Crippen molar-refractivity contribution in [1.82, 2.24) is 4.98 Å². The van der Waals surface area contributed by atoms with Crippen molar-refractivity contribution in [2.45, 2.75) is 6.10 Å². The van der Waals surface area contributed by atoms with Gasteiger partial charge in [0.1, 0.15) is 6.10 Å². The fraction of sp³-hybridized carbons (Fsp3) is 0.300. The van der Waals surface area contributed by atoms with Crippen LogP contribution in [0.2, 0.25) is 0 Å². The molecule has 1 aromatic rings. The van der Waals surface area contributed by atoms with Crippen LogP contribution in [0.15, 0.2) is 24.5 Å². The summed E-state index contributed by atoms with van der Waals surface area (Å²) in [6.45, 7) is 0.211. The van der Waals surface area contributed by atoms with Gasteiger partial charge in [0.25, 0.3) is 0 Å². The number of ether oxygens (including phenoxy) is 1. The van der Waals surface area contributed by atoms with E-state index in [0.29, 0.717) is 0 Å². The average molecular weight is 177 g/mol. The quantitative estimate of drug-likeness (QED) is 0.690. The SMILES string of the molecule is C#CC(OCCO)c1cccnc1. The third-order valence-electron chi connectivity index (χ3n) is 1.51. The van der Waals surface area contributed by atoms with Crippen molar-refractivity contribution in [1.29, 1.82) is 0 Å². The largest absolute Gasteiger partial charge is 0.394 e. The summed E-state index contributed by atoms with van der Waals surface area (Å²) >= 11 is 0. The van der Waals surface area contributed by atoms with Crippen LogP contribution in [-0.4, -0.2) is 23.3 Å². The number of rotatable bonds is 4. The van der Waals surface area contributed by atoms with Crippen LogP contribution in [0.4, 0.5) is 0 Å². The van der Waals surface area contributed by atoms with Gasteiger partial charge in [-0.1, -0.05) is 12.0 Å². The van der Waals surface area contributed by atoms with Crippen molar-refractivity contribution in [3.63, 3.8) is 0 Å². The van der Waals surface area contributed by atoms with E-state index in [-0.39, 0.29) is 13.2 Å². The number of aromatic nitrogens is 1. The molecular weight excluding hydrogens is 166 g/mol. The van der Waals surface area contributed by atoms with Gasteiger partial charge in [-0.3, -0.25) is 4.98 Å². The Morgan fingerprint density at radius 3 is 3.08 bits per heavy atom. The molecule has 0 aliphatic rings. The van der Waals surface area contributed by atoms with E-state index in [2.05, 4.69) is 10.9 Å². The number of aliphatic hydroxyl groups excluding tert-OH is 1. The Balaban J connectivity index is 2.63. The molecule has 1 rings (SSSR count). The summed E-state index contributed by atoms with van der Waals surface area (Å²) in [7, 11) is 0. The van der Waals surface area contributed by atoms with Crippen LogP contribution in [0, 0.1) is 12.3 Å². The Kier molecular flexibility index (Phi) is 3.97. The molecule has 0 amide bonds. The fourth-order valence-corrected chi connectivity index (χ4v) is 0.942. The van der Waals surface area contributed by atoms with Crippen molar-refractivity contribution in [3.05, 3.63) is 30.1 Å². The zero-order valence-corrected chi connectivity index (χ0v) is 7.18. The molecule has 1 heterocycles. The number of nitrogens with zero attached hydrogens (tertiary/aromatic N) is 1. The lowest BCUT2D eigenvalue weighted by Gasteiger charge is -2.10. The predicted molar refractivity (Wildman–Crippen MR) is 48.8 cm³/mol. The molecule has 1 aromatic heterocycles. The molecule has 3 nitrogen and oxygen atoms in total. The third kappa shape index (κ3) is 2.86. The summed E-state index contributed by atoms with van der Waals surface area (Å²) in [5.41, 5.74) is 0.832. The van der Waals surface area contributed by atoms with Gasteiger partial charge in [0.05, 0.1) is 13.2 Å². The molecule has 0 spiro atoms. The van der Waals surface area contributed by atoms with Crippen LogP contribution < -0.4 is 0 Å². The van der Waals surface area contributed by atoms with Crippen LogP contribution in [0.25, 0.3) is 0 Å². The maximum absolute atomic E-state index is 8.55. The second-order valence-corrected chi connectivity index (χ2v) is 2.43. The Bertz CT molecular complexity index is 279. The number of aliphatic hydroxyl groups is 1. The molecule has 0 aromatic carbocycles. The average Bonchev–Trinajstić information content (AvgIpc) is 2.21. The summed E-state index contributed by atoms with van der Waals surface area (Å²) in [4.78, 5) is 3.92. The van der Waals surface area contributed by atoms with E-state index in [1.165, 1.54) is 0 Å². The van der Waals surface area contributed by atoms with Gasteiger partial charge < -0.3 is 9.84 Å². The minimum Gasteiger partial charge on any atom is -0.394 e. The molecule has 13 heavy (non-hydrogen) atoms. The minimum atomic E-state index is -0.416. The highest BCUT2D eigenvalue weighted by Crippen LogP contribution is 2.13. The van der Waals surface area contributed by atoms with Crippen molar-refractivity contribution in [2.75, 3.05) is 13.2 Å². The highest BCUT2D eigenvalue weighted by molar-refractivity contribution is 5.19. The topological polar surface area (TPSA) is 42.4 Å². The van der Waals surface area contributed by atoms with E-state index < -0.39 is 6.10 Å². The highest BCUT2D eigenvalue weighted by Gasteiger charge is 2.06. The maximum Gasteiger partial charge on any atom is 0.144 e.